The molecule has 4 heteroatoms. The second kappa shape index (κ2) is 3.51. The van der Waals surface area contributed by atoms with Crippen LogP contribution in [0, 0.1) is 0 Å². The highest BCUT2D eigenvalue weighted by atomic mass is 16.8. The SMILES string of the molecule is COC1CCC(OC)(C(C)=O)O1. The van der Waals surface area contributed by atoms with Crippen LogP contribution in [0.3, 0.4) is 0 Å². The zero-order valence-corrected chi connectivity index (χ0v) is 7.62. The minimum absolute atomic E-state index is 0.107. The van der Waals surface area contributed by atoms with Crippen LogP contribution < -0.4 is 0 Å². The van der Waals surface area contributed by atoms with E-state index in [0.29, 0.717) is 12.8 Å². The summed E-state index contributed by atoms with van der Waals surface area (Å²) < 4.78 is 15.3. The van der Waals surface area contributed by atoms with E-state index in [0.717, 1.165) is 0 Å². The van der Waals surface area contributed by atoms with Gasteiger partial charge in [0.1, 0.15) is 0 Å². The van der Waals surface area contributed by atoms with E-state index in [9.17, 15) is 4.79 Å². The van der Waals surface area contributed by atoms with E-state index >= 15 is 0 Å². The second-order valence-electron chi connectivity index (χ2n) is 2.84. The van der Waals surface area contributed by atoms with E-state index in [4.69, 9.17) is 14.2 Å². The fourth-order valence-corrected chi connectivity index (χ4v) is 1.36. The van der Waals surface area contributed by atoms with Gasteiger partial charge in [-0.1, -0.05) is 0 Å². The van der Waals surface area contributed by atoms with Crippen molar-refractivity contribution in [3.05, 3.63) is 0 Å². The molecule has 4 nitrogen and oxygen atoms in total. The molecule has 0 aromatic rings. The molecule has 0 spiro atoms. The highest BCUT2D eigenvalue weighted by molar-refractivity contribution is 5.83. The van der Waals surface area contributed by atoms with E-state index in [1.165, 1.54) is 14.0 Å². The van der Waals surface area contributed by atoms with Crippen LogP contribution in [-0.2, 0) is 19.0 Å². The third-order valence-corrected chi connectivity index (χ3v) is 2.16. The third kappa shape index (κ3) is 1.50. The zero-order valence-electron chi connectivity index (χ0n) is 7.62. The van der Waals surface area contributed by atoms with Crippen molar-refractivity contribution in [1.82, 2.24) is 0 Å². The van der Waals surface area contributed by atoms with Crippen LogP contribution in [-0.4, -0.2) is 32.1 Å². The van der Waals surface area contributed by atoms with Crippen LogP contribution >= 0.6 is 0 Å². The van der Waals surface area contributed by atoms with Crippen LogP contribution in [0.2, 0.25) is 0 Å². The first-order valence-electron chi connectivity index (χ1n) is 3.91. The number of hydrogen-bond acceptors (Lipinski definition) is 4. The van der Waals surface area contributed by atoms with Gasteiger partial charge in [-0.3, -0.25) is 4.79 Å². The molecule has 1 rings (SSSR count). The van der Waals surface area contributed by atoms with Crippen molar-refractivity contribution < 1.29 is 19.0 Å². The molecule has 0 saturated carbocycles. The normalized spacial score (nSPS) is 35.4. The first-order valence-corrected chi connectivity index (χ1v) is 3.91. The molecule has 12 heavy (non-hydrogen) atoms. The first-order chi connectivity index (χ1) is 5.64. The predicted molar refractivity (Wildman–Crippen MR) is 41.5 cm³/mol. The lowest BCUT2D eigenvalue weighted by Crippen LogP contribution is -2.39. The number of Topliss-reactive ketones (excluding diaryl/α,β-unsaturated/α-hetero) is 1. The Balaban J connectivity index is 2.66. The number of hydrogen-bond donors (Lipinski definition) is 0. The van der Waals surface area contributed by atoms with Crippen molar-refractivity contribution >= 4 is 5.78 Å². The summed E-state index contributed by atoms with van der Waals surface area (Å²) in [6, 6.07) is 0. The average Bonchev–Trinajstić information content (AvgIpc) is 2.48. The number of methoxy groups -OCH3 is 2. The maximum Gasteiger partial charge on any atom is 0.230 e. The Bertz CT molecular complexity index is 180. The summed E-state index contributed by atoms with van der Waals surface area (Å²) in [5, 5.41) is 0. The molecular formula is C8H14O4. The lowest BCUT2D eigenvalue weighted by molar-refractivity contribution is -0.244. The molecule has 0 aromatic carbocycles. The van der Waals surface area contributed by atoms with Crippen LogP contribution in [0.15, 0.2) is 0 Å². The Morgan fingerprint density at radius 2 is 2.25 bits per heavy atom. The van der Waals surface area contributed by atoms with Crippen LogP contribution in [0.4, 0.5) is 0 Å². The molecule has 70 valence electrons. The molecular weight excluding hydrogens is 160 g/mol. The summed E-state index contributed by atoms with van der Waals surface area (Å²) >= 11 is 0. The lowest BCUT2D eigenvalue weighted by atomic mass is 10.1. The Morgan fingerprint density at radius 1 is 1.58 bits per heavy atom. The summed E-state index contributed by atoms with van der Waals surface area (Å²) in [5.41, 5.74) is 0. The summed E-state index contributed by atoms with van der Waals surface area (Å²) in [7, 11) is 3.02. The first kappa shape index (κ1) is 9.64. The average molecular weight is 174 g/mol. The van der Waals surface area contributed by atoms with Gasteiger partial charge >= 0.3 is 0 Å². The highest BCUT2D eigenvalue weighted by Gasteiger charge is 2.44. The molecule has 0 aromatic heterocycles. The topological polar surface area (TPSA) is 44.8 Å². The van der Waals surface area contributed by atoms with E-state index in [1.807, 2.05) is 0 Å². The van der Waals surface area contributed by atoms with Gasteiger partial charge in [0.15, 0.2) is 12.1 Å². The molecule has 1 aliphatic rings. The molecule has 1 aliphatic heterocycles. The zero-order chi connectivity index (χ0) is 9.19. The lowest BCUT2D eigenvalue weighted by Gasteiger charge is -2.23. The van der Waals surface area contributed by atoms with Gasteiger partial charge in [-0.05, 0) is 0 Å². The summed E-state index contributed by atoms with van der Waals surface area (Å²) in [5.74, 6) is -1.16. The molecule has 0 N–H and O–H groups in total. The smallest absolute Gasteiger partial charge is 0.230 e. The largest absolute Gasteiger partial charge is 0.356 e. The van der Waals surface area contributed by atoms with Crippen molar-refractivity contribution in [3.8, 4) is 0 Å². The van der Waals surface area contributed by atoms with E-state index in [1.54, 1.807) is 7.11 Å². The van der Waals surface area contributed by atoms with Gasteiger partial charge in [0, 0.05) is 34.0 Å². The van der Waals surface area contributed by atoms with Gasteiger partial charge in [0.25, 0.3) is 0 Å². The number of ketones is 1. The molecule has 2 unspecified atom stereocenters. The maximum atomic E-state index is 11.2. The highest BCUT2D eigenvalue weighted by Crippen LogP contribution is 2.31. The number of carbonyl (C=O) groups is 1. The fourth-order valence-electron chi connectivity index (χ4n) is 1.36. The number of carbonyl (C=O) groups excluding carboxylic acids is 1. The van der Waals surface area contributed by atoms with Gasteiger partial charge in [0.2, 0.25) is 5.79 Å². The summed E-state index contributed by atoms with van der Waals surface area (Å²) in [6.07, 6.45) is 0.954. The number of rotatable bonds is 3. The Morgan fingerprint density at radius 3 is 2.50 bits per heavy atom. The Labute approximate surface area is 71.8 Å². The molecule has 0 amide bonds. The van der Waals surface area contributed by atoms with Crippen molar-refractivity contribution in [2.75, 3.05) is 14.2 Å². The Kier molecular flexibility index (Phi) is 2.82. The summed E-state index contributed by atoms with van der Waals surface area (Å²) in [6.45, 7) is 1.46. The van der Waals surface area contributed by atoms with E-state index < -0.39 is 5.79 Å². The molecule has 1 fully saturated rings. The van der Waals surface area contributed by atoms with Crippen molar-refractivity contribution in [2.24, 2.45) is 0 Å². The van der Waals surface area contributed by atoms with Gasteiger partial charge in [0.05, 0.1) is 0 Å². The molecule has 0 radical (unpaired) electrons. The quantitative estimate of drug-likeness (QED) is 0.631. The van der Waals surface area contributed by atoms with Gasteiger partial charge in [-0.25, -0.2) is 0 Å². The van der Waals surface area contributed by atoms with E-state index in [2.05, 4.69) is 0 Å². The van der Waals surface area contributed by atoms with Crippen molar-refractivity contribution in [3.63, 3.8) is 0 Å². The van der Waals surface area contributed by atoms with Crippen LogP contribution in [0.1, 0.15) is 19.8 Å². The minimum Gasteiger partial charge on any atom is -0.356 e. The maximum absolute atomic E-state index is 11.2. The molecule has 0 aliphatic carbocycles. The van der Waals surface area contributed by atoms with Crippen molar-refractivity contribution in [2.45, 2.75) is 31.8 Å². The van der Waals surface area contributed by atoms with Gasteiger partial charge < -0.3 is 14.2 Å². The molecule has 2 atom stereocenters. The Hall–Kier alpha value is -0.450. The van der Waals surface area contributed by atoms with E-state index in [-0.39, 0.29) is 12.1 Å². The molecule has 0 bridgehead atoms. The monoisotopic (exact) mass is 174 g/mol. The molecule has 1 heterocycles. The second-order valence-corrected chi connectivity index (χ2v) is 2.84. The molecule has 1 saturated heterocycles. The van der Waals surface area contributed by atoms with Gasteiger partial charge in [-0.15, -0.1) is 0 Å². The summed E-state index contributed by atoms with van der Waals surface area (Å²) in [4.78, 5) is 11.2. The van der Waals surface area contributed by atoms with Crippen molar-refractivity contribution in [1.29, 1.82) is 0 Å². The third-order valence-electron chi connectivity index (χ3n) is 2.16. The fraction of sp³-hybridized carbons (Fsp3) is 0.875. The van der Waals surface area contributed by atoms with Crippen LogP contribution in [0.5, 0.6) is 0 Å². The number of ether oxygens (including phenoxy) is 3. The standard InChI is InChI=1S/C8H14O4/c1-6(9)8(11-3)5-4-7(10-2)12-8/h7H,4-5H2,1-3H3. The van der Waals surface area contributed by atoms with Crippen LogP contribution in [0.25, 0.3) is 0 Å². The van der Waals surface area contributed by atoms with Gasteiger partial charge in [-0.2, -0.15) is 0 Å². The predicted octanol–water partition coefficient (Wildman–Crippen LogP) is 0.701. The minimum atomic E-state index is -1.05.